The molecule has 0 aliphatic heterocycles. The number of rotatable bonds is 14. The Labute approximate surface area is 213 Å². The molecule has 3 aromatic carbocycles. The fraction of sp³-hybridized carbons (Fsp3) is 0.345. The zero-order valence-corrected chi connectivity index (χ0v) is 21.8. The van der Waals surface area contributed by atoms with E-state index in [9.17, 15) is 9.36 Å². The first-order valence-electron chi connectivity index (χ1n) is 12.6. The minimum atomic E-state index is -4.05. The number of unbranched alkanes of at least 4 members (excludes halogenated alkanes) is 5. The second-order valence-electron chi connectivity index (χ2n) is 8.95. The van der Waals surface area contributed by atoms with Gasteiger partial charge in [-0.25, -0.2) is 0 Å². The molecule has 0 radical (unpaired) electrons. The second-order valence-corrected chi connectivity index (χ2v) is 10.7. The van der Waals surface area contributed by atoms with Crippen LogP contribution in [0.2, 0.25) is 0 Å². The van der Waals surface area contributed by atoms with Crippen molar-refractivity contribution in [3.63, 3.8) is 0 Å². The predicted molar refractivity (Wildman–Crippen MR) is 146 cm³/mol. The van der Waals surface area contributed by atoms with Crippen molar-refractivity contribution in [2.24, 2.45) is 0 Å². The fourth-order valence-electron chi connectivity index (χ4n) is 4.03. The van der Waals surface area contributed by atoms with Crippen LogP contribution in [0.1, 0.15) is 61.4 Å². The highest BCUT2D eigenvalue weighted by Gasteiger charge is 2.19. The summed E-state index contributed by atoms with van der Waals surface area (Å²) in [4.78, 5) is 31.7. The lowest BCUT2D eigenvalue weighted by molar-refractivity contribution is 0.102. The minimum Gasteiger partial charge on any atom is -0.493 e. The number of ether oxygens (including phenoxy) is 1. The average molecular weight is 510 g/mol. The van der Waals surface area contributed by atoms with Crippen LogP contribution in [0.15, 0.2) is 72.8 Å². The van der Waals surface area contributed by atoms with Gasteiger partial charge in [0.05, 0.1) is 18.3 Å². The number of carbonyl (C=O) groups excluding carboxylic acids is 1. The van der Waals surface area contributed by atoms with Crippen LogP contribution in [-0.2, 0) is 11.0 Å². The van der Waals surface area contributed by atoms with Gasteiger partial charge in [0, 0.05) is 5.69 Å². The van der Waals surface area contributed by atoms with Gasteiger partial charge < -0.3 is 19.8 Å². The number of benzene rings is 3. The summed E-state index contributed by atoms with van der Waals surface area (Å²) in [6.07, 6.45) is 7.02. The van der Waals surface area contributed by atoms with Crippen molar-refractivity contribution in [3.05, 3.63) is 83.9 Å². The summed E-state index contributed by atoms with van der Waals surface area (Å²) in [5.74, 6) is 0.288. The molecule has 0 aliphatic carbocycles. The van der Waals surface area contributed by atoms with Crippen LogP contribution in [0.4, 0.5) is 5.69 Å². The monoisotopic (exact) mass is 509 g/mol. The molecule has 0 saturated heterocycles. The summed E-state index contributed by atoms with van der Waals surface area (Å²) in [6, 6.07) is 22.5. The molecule has 0 unspecified atom stereocenters. The first kappa shape index (κ1) is 27.7. The Morgan fingerprint density at radius 1 is 0.861 bits per heavy atom. The largest absolute Gasteiger partial charge is 0.493 e. The molecule has 3 rings (SSSR count). The highest BCUT2D eigenvalue weighted by atomic mass is 31.2. The van der Waals surface area contributed by atoms with Crippen LogP contribution < -0.4 is 10.1 Å². The van der Waals surface area contributed by atoms with Crippen molar-refractivity contribution < 1.29 is 23.9 Å². The number of anilines is 1. The maximum Gasteiger partial charge on any atom is 0.325 e. The van der Waals surface area contributed by atoms with Crippen molar-refractivity contribution in [1.29, 1.82) is 0 Å². The molecule has 0 saturated carbocycles. The van der Waals surface area contributed by atoms with Crippen LogP contribution in [0.5, 0.6) is 5.75 Å². The normalized spacial score (nSPS) is 11.3. The lowest BCUT2D eigenvalue weighted by Gasteiger charge is -2.16. The van der Waals surface area contributed by atoms with Gasteiger partial charge in [0.15, 0.2) is 0 Å². The van der Waals surface area contributed by atoms with Crippen molar-refractivity contribution >= 4 is 19.2 Å². The molecule has 3 N–H and O–H groups in total. The van der Waals surface area contributed by atoms with E-state index in [1.165, 1.54) is 25.7 Å². The van der Waals surface area contributed by atoms with Crippen molar-refractivity contribution in [3.8, 4) is 16.9 Å². The number of carbonyl (C=O) groups is 1. The molecule has 36 heavy (non-hydrogen) atoms. The maximum atomic E-state index is 13.5. The van der Waals surface area contributed by atoms with Gasteiger partial charge >= 0.3 is 7.60 Å². The van der Waals surface area contributed by atoms with E-state index < -0.39 is 7.60 Å². The average Bonchev–Trinajstić information content (AvgIpc) is 2.87. The van der Waals surface area contributed by atoms with Crippen LogP contribution in [0, 0.1) is 0 Å². The number of amides is 1. The molecular weight excluding hydrogens is 473 g/mol. The number of hydrogen-bond donors (Lipinski definition) is 3. The third-order valence-electron chi connectivity index (χ3n) is 6.00. The number of nitrogens with one attached hydrogen (secondary N) is 1. The van der Waals surface area contributed by atoms with Gasteiger partial charge in [-0.05, 0) is 47.7 Å². The van der Waals surface area contributed by atoms with Gasteiger partial charge in [-0.2, -0.15) is 0 Å². The van der Waals surface area contributed by atoms with E-state index >= 15 is 0 Å². The Bertz CT molecular complexity index is 1140. The lowest BCUT2D eigenvalue weighted by atomic mass is 9.98. The highest BCUT2D eigenvalue weighted by molar-refractivity contribution is 7.51. The lowest BCUT2D eigenvalue weighted by Crippen LogP contribution is -2.15. The van der Waals surface area contributed by atoms with Crippen LogP contribution in [0.25, 0.3) is 11.1 Å². The van der Waals surface area contributed by atoms with Crippen molar-refractivity contribution in [2.45, 2.75) is 51.9 Å². The Balaban J connectivity index is 1.75. The molecule has 3 aromatic rings. The highest BCUT2D eigenvalue weighted by Crippen LogP contribution is 2.35. The van der Waals surface area contributed by atoms with E-state index in [2.05, 4.69) is 12.2 Å². The van der Waals surface area contributed by atoms with Gasteiger partial charge in [0.2, 0.25) is 0 Å². The van der Waals surface area contributed by atoms with Gasteiger partial charge in [-0.3, -0.25) is 9.36 Å². The molecule has 0 aromatic heterocycles. The molecule has 0 bridgehead atoms. The van der Waals surface area contributed by atoms with Crippen molar-refractivity contribution in [1.82, 2.24) is 0 Å². The number of hydrogen-bond acceptors (Lipinski definition) is 3. The molecule has 192 valence electrons. The van der Waals surface area contributed by atoms with Crippen LogP contribution in [0.3, 0.4) is 0 Å². The summed E-state index contributed by atoms with van der Waals surface area (Å²) in [5.41, 5.74) is 3.61. The van der Waals surface area contributed by atoms with Gasteiger partial charge in [0.25, 0.3) is 5.91 Å². The standard InChI is InChI=1S/C29H36NO5P/c1-2-3-4-5-6-10-21-35-27-15-11-14-26(24-12-8-7-9-13-24)28(27)29(31)30-25-18-16-23(17-19-25)20-22-36(32,33)34/h7-9,11-19H,2-6,10,20-22H2,1H3,(H,30,31)(H2,32,33,34). The summed E-state index contributed by atoms with van der Waals surface area (Å²) >= 11 is 0. The summed E-state index contributed by atoms with van der Waals surface area (Å²) in [6.45, 7) is 2.76. The molecule has 0 aliphatic rings. The fourth-order valence-corrected chi connectivity index (χ4v) is 4.58. The molecular formula is C29H36NO5P. The van der Waals surface area contributed by atoms with E-state index in [1.54, 1.807) is 24.3 Å². The van der Waals surface area contributed by atoms with Crippen molar-refractivity contribution in [2.75, 3.05) is 18.1 Å². The van der Waals surface area contributed by atoms with E-state index in [0.717, 1.165) is 29.5 Å². The molecule has 0 fully saturated rings. The minimum absolute atomic E-state index is 0.206. The van der Waals surface area contributed by atoms with Crippen LogP contribution >= 0.6 is 7.60 Å². The molecule has 0 heterocycles. The zero-order valence-electron chi connectivity index (χ0n) is 20.9. The Hall–Kier alpha value is -2.92. The second kappa shape index (κ2) is 14.0. The summed E-state index contributed by atoms with van der Waals surface area (Å²) < 4.78 is 17.2. The van der Waals surface area contributed by atoms with Crippen LogP contribution in [-0.4, -0.2) is 28.5 Å². The predicted octanol–water partition coefficient (Wildman–Crippen LogP) is 7.07. The molecule has 0 atom stereocenters. The van der Waals surface area contributed by atoms with Gasteiger partial charge in [-0.15, -0.1) is 0 Å². The zero-order chi connectivity index (χ0) is 25.8. The molecule has 1 amide bonds. The third kappa shape index (κ3) is 8.94. The Morgan fingerprint density at radius 3 is 2.25 bits per heavy atom. The van der Waals surface area contributed by atoms with E-state index in [-0.39, 0.29) is 18.5 Å². The SMILES string of the molecule is CCCCCCCCOc1cccc(-c2ccccc2)c1C(=O)Nc1ccc(CCP(=O)(O)O)cc1. The van der Waals surface area contributed by atoms with Gasteiger partial charge in [0.1, 0.15) is 5.75 Å². The smallest absolute Gasteiger partial charge is 0.325 e. The molecule has 6 nitrogen and oxygen atoms in total. The Morgan fingerprint density at radius 2 is 1.56 bits per heavy atom. The summed E-state index contributed by atoms with van der Waals surface area (Å²) in [5, 5.41) is 2.96. The first-order valence-corrected chi connectivity index (χ1v) is 14.4. The Kier molecular flexibility index (Phi) is 10.7. The molecule has 0 spiro atoms. The third-order valence-corrected chi connectivity index (χ3v) is 6.80. The van der Waals surface area contributed by atoms with Gasteiger partial charge in [-0.1, -0.05) is 93.6 Å². The number of aryl methyl sites for hydroxylation is 1. The first-order chi connectivity index (χ1) is 17.4. The molecule has 7 heteroatoms. The topological polar surface area (TPSA) is 95.9 Å². The summed E-state index contributed by atoms with van der Waals surface area (Å²) in [7, 11) is -4.05. The van der Waals surface area contributed by atoms with E-state index in [1.807, 2.05) is 48.5 Å². The van der Waals surface area contributed by atoms with E-state index in [4.69, 9.17) is 14.5 Å². The van der Waals surface area contributed by atoms with E-state index in [0.29, 0.717) is 23.6 Å². The quantitative estimate of drug-likeness (QED) is 0.160. The maximum absolute atomic E-state index is 13.5.